The monoisotopic (exact) mass is 486 g/mol. The largest absolute Gasteiger partial charge is 0.454 e. The summed E-state index contributed by atoms with van der Waals surface area (Å²) in [6.07, 6.45) is 7.44. The van der Waals surface area contributed by atoms with Gasteiger partial charge in [-0.3, -0.25) is 0 Å². The van der Waals surface area contributed by atoms with Crippen molar-refractivity contribution in [2.75, 3.05) is 0 Å². The Hall–Kier alpha value is -3.02. The number of alkyl halides is 2. The lowest BCUT2D eigenvalue weighted by atomic mass is 9.77. The number of rotatable bonds is 8. The normalized spacial score (nSPS) is 18.0. The van der Waals surface area contributed by atoms with Crippen molar-refractivity contribution in [2.45, 2.75) is 64.9 Å². The van der Waals surface area contributed by atoms with E-state index in [0.717, 1.165) is 11.5 Å². The van der Waals surface area contributed by atoms with Gasteiger partial charge < -0.3 is 9.47 Å². The van der Waals surface area contributed by atoms with Gasteiger partial charge in [0.15, 0.2) is 11.6 Å². The quantitative estimate of drug-likeness (QED) is 0.295. The van der Waals surface area contributed by atoms with Gasteiger partial charge in [0.1, 0.15) is 11.5 Å². The minimum atomic E-state index is -2.95. The fourth-order valence-electron chi connectivity index (χ4n) is 5.05. The molecule has 0 radical (unpaired) electrons. The molecule has 0 unspecified atom stereocenters. The van der Waals surface area contributed by atoms with E-state index in [9.17, 15) is 17.6 Å². The number of ether oxygens (including phenoxy) is 2. The lowest BCUT2D eigenvalue weighted by Crippen LogP contribution is -2.13. The Morgan fingerprint density at radius 3 is 2.11 bits per heavy atom. The number of halogens is 4. The second-order valence-electron chi connectivity index (χ2n) is 9.25. The van der Waals surface area contributed by atoms with Crippen LogP contribution in [0.25, 0.3) is 11.1 Å². The van der Waals surface area contributed by atoms with Gasteiger partial charge in [-0.2, -0.15) is 13.2 Å². The number of hydrogen-bond donors (Lipinski definition) is 0. The molecule has 1 fully saturated rings. The molecule has 0 aliphatic heterocycles. The molecule has 0 spiro atoms. The maximum atomic E-state index is 14.7. The zero-order valence-corrected chi connectivity index (χ0v) is 20.0. The van der Waals surface area contributed by atoms with Gasteiger partial charge in [-0.15, -0.1) is 0 Å². The number of benzene rings is 3. The molecular formula is C29H30F4O2. The molecule has 0 atom stereocenters. The first-order chi connectivity index (χ1) is 16.9. The summed E-state index contributed by atoms with van der Waals surface area (Å²) < 4.78 is 63.8. The van der Waals surface area contributed by atoms with Gasteiger partial charge in [0, 0.05) is 5.56 Å². The predicted molar refractivity (Wildman–Crippen MR) is 129 cm³/mol. The summed E-state index contributed by atoms with van der Waals surface area (Å²) in [6.45, 7) is 0.961. The second-order valence-corrected chi connectivity index (χ2v) is 9.25. The molecular weight excluding hydrogens is 456 g/mol. The van der Waals surface area contributed by atoms with Crippen LogP contribution in [0.15, 0.2) is 54.6 Å². The van der Waals surface area contributed by atoms with Gasteiger partial charge in [-0.25, -0.2) is 4.39 Å². The highest BCUT2D eigenvalue weighted by Gasteiger charge is 2.23. The first-order valence-electron chi connectivity index (χ1n) is 12.2. The van der Waals surface area contributed by atoms with Gasteiger partial charge >= 0.3 is 6.61 Å². The highest BCUT2D eigenvalue weighted by atomic mass is 19.3. The third-order valence-corrected chi connectivity index (χ3v) is 6.93. The van der Waals surface area contributed by atoms with E-state index in [1.54, 1.807) is 6.92 Å². The zero-order chi connectivity index (χ0) is 24.9. The standard InChI is InChI=1S/C29H30F4O2/c1-3-4-19-5-7-20(8-6-19)21-9-11-22(12-10-21)25-17-26(30)27(31)28(18(25)2)34-23-13-15-24(16-14-23)35-29(32)33/h9-17,19-20,29H,3-8H2,1-2H3/t19-,20-. The van der Waals surface area contributed by atoms with Crippen LogP contribution in [-0.2, 0) is 0 Å². The minimum absolute atomic E-state index is 0.0524. The van der Waals surface area contributed by atoms with E-state index in [4.69, 9.17) is 4.74 Å². The van der Waals surface area contributed by atoms with E-state index in [1.165, 1.54) is 74.4 Å². The third-order valence-electron chi connectivity index (χ3n) is 6.93. The van der Waals surface area contributed by atoms with E-state index in [-0.39, 0.29) is 17.2 Å². The smallest absolute Gasteiger partial charge is 0.387 e. The van der Waals surface area contributed by atoms with E-state index < -0.39 is 18.2 Å². The van der Waals surface area contributed by atoms with Crippen molar-refractivity contribution >= 4 is 0 Å². The molecule has 1 saturated carbocycles. The van der Waals surface area contributed by atoms with Crippen molar-refractivity contribution in [1.82, 2.24) is 0 Å². The molecule has 2 nitrogen and oxygen atoms in total. The Balaban J connectivity index is 1.53. The van der Waals surface area contributed by atoms with Gasteiger partial charge in [0.25, 0.3) is 0 Å². The molecule has 35 heavy (non-hydrogen) atoms. The van der Waals surface area contributed by atoms with Gasteiger partial charge in [0.2, 0.25) is 5.82 Å². The average Bonchev–Trinajstić information content (AvgIpc) is 2.86. The van der Waals surface area contributed by atoms with Crippen molar-refractivity contribution in [3.8, 4) is 28.4 Å². The lowest BCUT2D eigenvalue weighted by Gasteiger charge is -2.28. The Labute approximate surface area is 203 Å². The maximum Gasteiger partial charge on any atom is 0.387 e. The van der Waals surface area contributed by atoms with Gasteiger partial charge in [-0.1, -0.05) is 44.0 Å². The predicted octanol–water partition coefficient (Wildman–Crippen LogP) is 9.41. The van der Waals surface area contributed by atoms with Crippen LogP contribution in [0.1, 0.15) is 62.5 Å². The van der Waals surface area contributed by atoms with Crippen LogP contribution in [0.2, 0.25) is 0 Å². The average molecular weight is 487 g/mol. The van der Waals surface area contributed by atoms with Crippen LogP contribution >= 0.6 is 0 Å². The minimum Gasteiger partial charge on any atom is -0.454 e. The summed E-state index contributed by atoms with van der Waals surface area (Å²) in [5.41, 5.74) is 3.04. The van der Waals surface area contributed by atoms with E-state index in [1.807, 2.05) is 12.1 Å². The Morgan fingerprint density at radius 1 is 0.886 bits per heavy atom. The SMILES string of the molecule is CCC[C@H]1CC[C@H](c2ccc(-c3cc(F)c(F)c(Oc4ccc(OC(F)F)cc4)c3C)cc2)CC1. The first kappa shape index (κ1) is 25.1. The molecule has 4 rings (SSSR count). The van der Waals surface area contributed by atoms with Gasteiger partial charge in [-0.05, 0) is 91.5 Å². The lowest BCUT2D eigenvalue weighted by molar-refractivity contribution is -0.0498. The van der Waals surface area contributed by atoms with Crippen LogP contribution in [0.5, 0.6) is 17.2 Å². The van der Waals surface area contributed by atoms with Crippen molar-refractivity contribution in [3.63, 3.8) is 0 Å². The molecule has 0 saturated heterocycles. The Kier molecular flexibility index (Phi) is 7.99. The fourth-order valence-corrected chi connectivity index (χ4v) is 5.05. The Bertz CT molecular complexity index is 1120. The van der Waals surface area contributed by atoms with Crippen molar-refractivity contribution in [2.24, 2.45) is 5.92 Å². The van der Waals surface area contributed by atoms with Crippen LogP contribution in [0.4, 0.5) is 17.6 Å². The van der Waals surface area contributed by atoms with Crippen molar-refractivity contribution in [3.05, 3.63) is 77.4 Å². The maximum absolute atomic E-state index is 14.7. The summed E-state index contributed by atoms with van der Waals surface area (Å²) in [5.74, 6) is -0.842. The second kappa shape index (κ2) is 11.1. The van der Waals surface area contributed by atoms with E-state index >= 15 is 0 Å². The molecule has 6 heteroatoms. The molecule has 0 N–H and O–H groups in total. The summed E-state index contributed by atoms with van der Waals surface area (Å²) in [5, 5.41) is 0. The van der Waals surface area contributed by atoms with E-state index in [2.05, 4.69) is 23.8 Å². The van der Waals surface area contributed by atoms with Crippen molar-refractivity contribution in [1.29, 1.82) is 0 Å². The van der Waals surface area contributed by atoms with Crippen LogP contribution < -0.4 is 9.47 Å². The first-order valence-corrected chi connectivity index (χ1v) is 12.2. The molecule has 1 aliphatic rings. The van der Waals surface area contributed by atoms with Crippen LogP contribution in [-0.4, -0.2) is 6.61 Å². The summed E-state index contributed by atoms with van der Waals surface area (Å²) in [4.78, 5) is 0. The van der Waals surface area contributed by atoms with Crippen LogP contribution in [0, 0.1) is 24.5 Å². The highest BCUT2D eigenvalue weighted by Crippen LogP contribution is 2.40. The fraction of sp³-hybridized carbons (Fsp3) is 0.379. The molecule has 3 aromatic carbocycles. The molecule has 0 aromatic heterocycles. The summed E-state index contributed by atoms with van der Waals surface area (Å²) >= 11 is 0. The van der Waals surface area contributed by atoms with Crippen LogP contribution in [0.3, 0.4) is 0 Å². The highest BCUT2D eigenvalue weighted by molar-refractivity contribution is 5.70. The summed E-state index contributed by atoms with van der Waals surface area (Å²) in [6, 6.07) is 14.6. The third kappa shape index (κ3) is 5.98. The number of hydrogen-bond acceptors (Lipinski definition) is 2. The molecule has 0 amide bonds. The molecule has 0 bridgehead atoms. The van der Waals surface area contributed by atoms with Gasteiger partial charge in [0.05, 0.1) is 0 Å². The summed E-state index contributed by atoms with van der Waals surface area (Å²) in [7, 11) is 0. The van der Waals surface area contributed by atoms with Crippen molar-refractivity contribution < 1.29 is 27.0 Å². The molecule has 3 aromatic rings. The van der Waals surface area contributed by atoms with E-state index in [0.29, 0.717) is 17.0 Å². The molecule has 186 valence electrons. The molecule has 0 heterocycles. The topological polar surface area (TPSA) is 18.5 Å². The Morgan fingerprint density at radius 2 is 1.51 bits per heavy atom. The zero-order valence-electron chi connectivity index (χ0n) is 20.0. The molecule has 1 aliphatic carbocycles.